The van der Waals surface area contributed by atoms with Crippen LogP contribution in [0.4, 0.5) is 0 Å². The molecule has 0 aliphatic carbocycles. The second-order valence-corrected chi connectivity index (χ2v) is 19.3. The summed E-state index contributed by atoms with van der Waals surface area (Å²) in [6.45, 7) is 4.79. The van der Waals surface area contributed by atoms with E-state index in [1.54, 1.807) is 6.08 Å². The number of hydrogen-bond acceptors (Lipinski definition) is 5. The van der Waals surface area contributed by atoms with Gasteiger partial charge in [-0.2, -0.15) is 0 Å². The topological polar surface area (TPSA) is 105 Å². The maximum atomic E-state index is 12.9. The van der Waals surface area contributed by atoms with Crippen LogP contribution in [-0.2, 0) is 18.4 Å². The summed E-state index contributed by atoms with van der Waals surface area (Å²) in [4.78, 5) is 23.1. The van der Waals surface area contributed by atoms with Gasteiger partial charge < -0.3 is 19.8 Å². The molecule has 0 saturated heterocycles. The predicted octanol–water partition coefficient (Wildman–Crippen LogP) is 13.9. The number of carbonyl (C=O) groups is 1. The molecule has 8 nitrogen and oxygen atoms in total. The summed E-state index contributed by atoms with van der Waals surface area (Å²) in [5.74, 6) is -0.195. The maximum absolute atomic E-state index is 12.9. The molecule has 0 aromatic rings. The fraction of sp³-hybridized carbons (Fsp3) is 0.857. The van der Waals surface area contributed by atoms with E-state index in [9.17, 15) is 19.4 Å². The van der Waals surface area contributed by atoms with Crippen molar-refractivity contribution in [1.82, 2.24) is 5.32 Å². The first-order valence-corrected chi connectivity index (χ1v) is 25.9. The Morgan fingerprint density at radius 3 is 1.38 bits per heavy atom. The Balaban J connectivity index is 4.40. The largest absolute Gasteiger partial charge is 0.472 e. The number of nitrogens with zero attached hydrogens (tertiary/aromatic N) is 1. The molecule has 3 atom stereocenters. The van der Waals surface area contributed by atoms with E-state index >= 15 is 0 Å². The highest BCUT2D eigenvalue weighted by Gasteiger charge is 2.27. The number of hydrogen-bond donors (Lipinski definition) is 3. The predicted molar refractivity (Wildman–Crippen MR) is 249 cm³/mol. The average Bonchev–Trinajstić information content (AvgIpc) is 3.17. The van der Waals surface area contributed by atoms with Crippen molar-refractivity contribution in [3.63, 3.8) is 0 Å². The van der Waals surface area contributed by atoms with Crippen LogP contribution in [0, 0.1) is 0 Å². The summed E-state index contributed by atoms with van der Waals surface area (Å²) >= 11 is 0. The lowest BCUT2D eigenvalue weighted by molar-refractivity contribution is -0.870. The molecule has 0 bridgehead atoms. The summed E-state index contributed by atoms with van der Waals surface area (Å²) in [5, 5.41) is 13.8. The van der Waals surface area contributed by atoms with E-state index in [2.05, 4.69) is 43.5 Å². The van der Waals surface area contributed by atoms with Gasteiger partial charge in [-0.05, 0) is 57.8 Å². The molecular formula is C49H96N2O6P+. The van der Waals surface area contributed by atoms with Crippen LogP contribution in [0.2, 0.25) is 0 Å². The third kappa shape index (κ3) is 42.8. The summed E-state index contributed by atoms with van der Waals surface area (Å²) in [5.41, 5.74) is 0. The second kappa shape index (κ2) is 41.1. The standard InChI is InChI=1S/C49H95N2O6P/c1-6-8-10-12-14-16-18-20-22-23-24-25-26-27-29-30-32-34-36-38-40-42-48(52)47(46-57-58(54,55)56-45-44-51(3,4)5)50-49(53)43-41-39-37-35-33-31-28-21-19-17-15-13-11-9-7-2/h21,28,32,34,40,42,47-48,52H,6-20,22-27,29-31,33,35-39,41,43-46H2,1-5H3,(H-,50,53,54,55)/p+1/b28-21-,34-32+,42-40+. The van der Waals surface area contributed by atoms with Gasteiger partial charge in [0.15, 0.2) is 0 Å². The average molecular weight is 840 g/mol. The molecule has 9 heteroatoms. The number of carbonyl (C=O) groups excluding carboxylic acids is 1. The van der Waals surface area contributed by atoms with Gasteiger partial charge in [0.1, 0.15) is 13.2 Å². The van der Waals surface area contributed by atoms with E-state index in [1.165, 1.54) is 148 Å². The van der Waals surface area contributed by atoms with Gasteiger partial charge in [-0.25, -0.2) is 4.57 Å². The van der Waals surface area contributed by atoms with Crippen molar-refractivity contribution in [2.24, 2.45) is 0 Å². The van der Waals surface area contributed by atoms with Crippen LogP contribution in [0.25, 0.3) is 0 Å². The number of rotatable bonds is 44. The van der Waals surface area contributed by atoms with Crippen molar-refractivity contribution in [3.8, 4) is 0 Å². The van der Waals surface area contributed by atoms with Crippen molar-refractivity contribution >= 4 is 13.7 Å². The van der Waals surface area contributed by atoms with Crippen LogP contribution < -0.4 is 5.32 Å². The molecule has 0 aromatic heterocycles. The minimum absolute atomic E-state index is 0.0548. The number of allylic oxidation sites excluding steroid dienone is 5. The van der Waals surface area contributed by atoms with Crippen LogP contribution in [0.15, 0.2) is 36.5 Å². The van der Waals surface area contributed by atoms with Crippen molar-refractivity contribution in [2.45, 2.75) is 231 Å². The van der Waals surface area contributed by atoms with Gasteiger partial charge in [0.25, 0.3) is 0 Å². The first kappa shape index (κ1) is 56.7. The molecule has 0 rings (SSSR count). The first-order chi connectivity index (χ1) is 28.0. The molecule has 3 N–H and O–H groups in total. The Kier molecular flexibility index (Phi) is 40.2. The van der Waals surface area contributed by atoms with Gasteiger partial charge in [0.2, 0.25) is 5.91 Å². The van der Waals surface area contributed by atoms with Gasteiger partial charge >= 0.3 is 7.82 Å². The normalized spacial score (nSPS) is 14.5. The third-order valence-electron chi connectivity index (χ3n) is 10.8. The zero-order valence-corrected chi connectivity index (χ0v) is 39.7. The smallest absolute Gasteiger partial charge is 0.387 e. The van der Waals surface area contributed by atoms with Crippen molar-refractivity contribution in [2.75, 3.05) is 40.9 Å². The van der Waals surface area contributed by atoms with Gasteiger partial charge in [-0.1, -0.05) is 192 Å². The Hall–Kier alpha value is -1.28. The van der Waals surface area contributed by atoms with Crippen LogP contribution in [0.5, 0.6) is 0 Å². The van der Waals surface area contributed by atoms with Gasteiger partial charge in [0, 0.05) is 6.42 Å². The molecule has 3 unspecified atom stereocenters. The SMILES string of the molecule is CCCCCCCC/C=C\CCCCCCCC(=O)NC(COP(=O)(O)OCC[N+](C)(C)C)C(O)/C=C/CC/C=C/CCCCCCCCCCCCCCCCC. The molecule has 0 radical (unpaired) electrons. The fourth-order valence-electron chi connectivity index (χ4n) is 6.93. The Labute approximate surface area is 359 Å². The first-order valence-electron chi connectivity index (χ1n) is 24.4. The minimum Gasteiger partial charge on any atom is -0.387 e. The molecule has 0 spiro atoms. The van der Waals surface area contributed by atoms with Gasteiger partial charge in [0.05, 0.1) is 39.9 Å². The lowest BCUT2D eigenvalue weighted by atomic mass is 10.0. The molecule has 0 aromatic carbocycles. The highest BCUT2D eigenvalue weighted by Crippen LogP contribution is 2.43. The lowest BCUT2D eigenvalue weighted by Gasteiger charge is -2.25. The number of unbranched alkanes of at least 4 members (excludes halogenated alkanes) is 27. The van der Waals surface area contributed by atoms with Gasteiger partial charge in [-0.3, -0.25) is 13.8 Å². The minimum atomic E-state index is -4.35. The number of likely N-dealkylation sites (N-methyl/N-ethyl adjacent to an activating group) is 1. The number of amides is 1. The second-order valence-electron chi connectivity index (χ2n) is 17.8. The van der Waals surface area contributed by atoms with E-state index in [1.807, 2.05) is 27.2 Å². The Morgan fingerprint density at radius 2 is 0.948 bits per heavy atom. The molecule has 0 heterocycles. The molecule has 0 fully saturated rings. The van der Waals surface area contributed by atoms with Crippen LogP contribution in [0.1, 0.15) is 219 Å². The highest BCUT2D eigenvalue weighted by molar-refractivity contribution is 7.47. The molecular weight excluding hydrogens is 744 g/mol. The molecule has 1 amide bonds. The van der Waals surface area contributed by atoms with Crippen molar-refractivity contribution in [1.29, 1.82) is 0 Å². The summed E-state index contributed by atoms with van der Waals surface area (Å²) in [6.07, 6.45) is 50.8. The quantitative estimate of drug-likeness (QED) is 0.0244. The van der Waals surface area contributed by atoms with E-state index in [-0.39, 0.29) is 19.1 Å². The molecule has 342 valence electrons. The monoisotopic (exact) mass is 840 g/mol. The number of phosphoric acid groups is 1. The Morgan fingerprint density at radius 1 is 0.569 bits per heavy atom. The van der Waals surface area contributed by atoms with Crippen molar-refractivity contribution in [3.05, 3.63) is 36.5 Å². The number of nitrogens with one attached hydrogen (secondary N) is 1. The van der Waals surface area contributed by atoms with Crippen LogP contribution in [-0.4, -0.2) is 73.4 Å². The van der Waals surface area contributed by atoms with E-state index in [0.717, 1.165) is 51.4 Å². The highest BCUT2D eigenvalue weighted by atomic mass is 31.2. The number of quaternary nitrogens is 1. The summed E-state index contributed by atoms with van der Waals surface area (Å²) in [7, 11) is 1.55. The van der Waals surface area contributed by atoms with Crippen LogP contribution >= 0.6 is 7.82 Å². The van der Waals surface area contributed by atoms with E-state index < -0.39 is 20.0 Å². The third-order valence-corrected chi connectivity index (χ3v) is 11.8. The molecule has 0 saturated carbocycles. The summed E-state index contributed by atoms with van der Waals surface area (Å²) in [6, 6.07) is -0.866. The van der Waals surface area contributed by atoms with E-state index in [4.69, 9.17) is 9.05 Å². The van der Waals surface area contributed by atoms with E-state index in [0.29, 0.717) is 17.4 Å². The maximum Gasteiger partial charge on any atom is 0.472 e. The van der Waals surface area contributed by atoms with Gasteiger partial charge in [-0.15, -0.1) is 0 Å². The zero-order valence-electron chi connectivity index (χ0n) is 38.8. The fourth-order valence-corrected chi connectivity index (χ4v) is 7.67. The Bertz CT molecular complexity index is 1040. The molecule has 58 heavy (non-hydrogen) atoms. The van der Waals surface area contributed by atoms with Crippen molar-refractivity contribution < 1.29 is 32.9 Å². The number of aliphatic hydroxyl groups excluding tert-OH is 1. The summed E-state index contributed by atoms with van der Waals surface area (Å²) < 4.78 is 23.6. The number of phosphoric ester groups is 1. The zero-order chi connectivity index (χ0) is 42.8. The lowest BCUT2D eigenvalue weighted by Crippen LogP contribution is -2.45. The van der Waals surface area contributed by atoms with Crippen LogP contribution in [0.3, 0.4) is 0 Å². The molecule has 0 aliphatic heterocycles. The number of aliphatic hydroxyl groups is 1. The molecule has 0 aliphatic rings.